The molecule has 5 heteroatoms. The molecule has 0 unspecified atom stereocenters. The second-order valence-corrected chi connectivity index (χ2v) is 4.14. The molecule has 5 nitrogen and oxygen atoms in total. The molecule has 0 atom stereocenters. The standard InChI is InChI=1S/C15H14O5/c1-10-3-8-14(20-10)15(17)19-9-13(16)11-4-6-12(18-2)7-5-11/h3-8H,9H2,1-2H3. The van der Waals surface area contributed by atoms with Gasteiger partial charge in [-0.3, -0.25) is 4.79 Å². The highest BCUT2D eigenvalue weighted by Crippen LogP contribution is 2.12. The Morgan fingerprint density at radius 3 is 2.35 bits per heavy atom. The van der Waals surface area contributed by atoms with E-state index in [1.807, 2.05) is 0 Å². The fourth-order valence-electron chi connectivity index (χ4n) is 1.61. The Hall–Kier alpha value is -2.56. The van der Waals surface area contributed by atoms with Crippen LogP contribution in [0.2, 0.25) is 0 Å². The monoisotopic (exact) mass is 274 g/mol. The van der Waals surface area contributed by atoms with Crippen molar-refractivity contribution in [2.45, 2.75) is 6.92 Å². The molecule has 0 radical (unpaired) electrons. The minimum absolute atomic E-state index is 0.0880. The largest absolute Gasteiger partial charge is 0.497 e. The van der Waals surface area contributed by atoms with E-state index in [1.54, 1.807) is 44.4 Å². The molecule has 0 saturated heterocycles. The fraction of sp³-hybridized carbons (Fsp3) is 0.200. The Morgan fingerprint density at radius 1 is 1.10 bits per heavy atom. The second-order valence-electron chi connectivity index (χ2n) is 4.14. The van der Waals surface area contributed by atoms with Crippen LogP contribution in [-0.2, 0) is 4.74 Å². The molecule has 0 N–H and O–H groups in total. The molecule has 104 valence electrons. The van der Waals surface area contributed by atoms with Gasteiger partial charge >= 0.3 is 5.97 Å². The van der Waals surface area contributed by atoms with Crippen LogP contribution in [-0.4, -0.2) is 25.5 Å². The summed E-state index contributed by atoms with van der Waals surface area (Å²) in [5.74, 6) is 0.414. The SMILES string of the molecule is COc1ccc(C(=O)COC(=O)c2ccc(C)o2)cc1. The highest BCUT2D eigenvalue weighted by molar-refractivity contribution is 5.99. The lowest BCUT2D eigenvalue weighted by molar-refractivity contribution is 0.0443. The maximum absolute atomic E-state index is 11.8. The van der Waals surface area contributed by atoms with Gasteiger partial charge in [-0.1, -0.05) is 0 Å². The average molecular weight is 274 g/mol. The number of carbonyl (C=O) groups is 2. The molecule has 0 fully saturated rings. The Labute approximate surface area is 116 Å². The zero-order valence-electron chi connectivity index (χ0n) is 11.2. The molecule has 0 aliphatic carbocycles. The Morgan fingerprint density at radius 2 is 1.80 bits per heavy atom. The minimum Gasteiger partial charge on any atom is -0.497 e. The van der Waals surface area contributed by atoms with Crippen LogP contribution in [0.3, 0.4) is 0 Å². The van der Waals surface area contributed by atoms with Crippen LogP contribution in [0.5, 0.6) is 5.75 Å². The van der Waals surface area contributed by atoms with Gasteiger partial charge < -0.3 is 13.9 Å². The lowest BCUT2D eigenvalue weighted by atomic mass is 10.1. The number of carbonyl (C=O) groups excluding carboxylic acids is 2. The Bertz CT molecular complexity index is 609. The van der Waals surface area contributed by atoms with Crippen LogP contribution in [0, 0.1) is 6.92 Å². The number of Topliss-reactive ketones (excluding diaryl/α,β-unsaturated/α-hetero) is 1. The summed E-state index contributed by atoms with van der Waals surface area (Å²) in [6, 6.07) is 9.74. The van der Waals surface area contributed by atoms with Gasteiger partial charge in [0.1, 0.15) is 11.5 Å². The number of hydrogen-bond donors (Lipinski definition) is 0. The first-order chi connectivity index (χ1) is 9.60. The number of rotatable bonds is 5. The summed E-state index contributed by atoms with van der Waals surface area (Å²) in [4.78, 5) is 23.4. The van der Waals surface area contributed by atoms with Crippen molar-refractivity contribution in [2.24, 2.45) is 0 Å². The number of methoxy groups -OCH3 is 1. The highest BCUT2D eigenvalue weighted by Gasteiger charge is 2.14. The first-order valence-electron chi connectivity index (χ1n) is 6.01. The van der Waals surface area contributed by atoms with Gasteiger partial charge in [-0.05, 0) is 43.3 Å². The molecule has 0 bridgehead atoms. The van der Waals surface area contributed by atoms with E-state index in [0.29, 0.717) is 17.1 Å². The van der Waals surface area contributed by atoms with Crippen molar-refractivity contribution in [3.05, 3.63) is 53.5 Å². The van der Waals surface area contributed by atoms with Crippen molar-refractivity contribution in [1.29, 1.82) is 0 Å². The number of ether oxygens (including phenoxy) is 2. The third-order valence-electron chi connectivity index (χ3n) is 2.69. The topological polar surface area (TPSA) is 65.7 Å². The van der Waals surface area contributed by atoms with Crippen LogP contribution < -0.4 is 4.74 Å². The Balaban J connectivity index is 1.92. The van der Waals surface area contributed by atoms with Gasteiger partial charge in [-0.25, -0.2) is 4.79 Å². The molecule has 0 amide bonds. The zero-order chi connectivity index (χ0) is 14.5. The van der Waals surface area contributed by atoms with E-state index < -0.39 is 5.97 Å². The minimum atomic E-state index is -0.653. The zero-order valence-corrected chi connectivity index (χ0v) is 11.2. The van der Waals surface area contributed by atoms with Crippen LogP contribution >= 0.6 is 0 Å². The molecule has 1 aromatic carbocycles. The van der Waals surface area contributed by atoms with Crippen LogP contribution in [0.1, 0.15) is 26.7 Å². The number of benzene rings is 1. The van der Waals surface area contributed by atoms with Crippen LogP contribution in [0.4, 0.5) is 0 Å². The molecule has 0 spiro atoms. The number of hydrogen-bond acceptors (Lipinski definition) is 5. The third-order valence-corrected chi connectivity index (χ3v) is 2.69. The number of ketones is 1. The quantitative estimate of drug-likeness (QED) is 0.619. The number of esters is 1. The molecule has 0 aliphatic rings. The summed E-state index contributed by atoms with van der Waals surface area (Å²) >= 11 is 0. The van der Waals surface area contributed by atoms with Gasteiger partial charge in [0, 0.05) is 5.56 Å². The molecular formula is C15H14O5. The van der Waals surface area contributed by atoms with Gasteiger partial charge in [0.25, 0.3) is 0 Å². The summed E-state index contributed by atoms with van der Waals surface area (Å²) < 4.78 is 15.0. The second kappa shape index (κ2) is 6.06. The summed E-state index contributed by atoms with van der Waals surface area (Å²) in [5, 5.41) is 0. The van der Waals surface area contributed by atoms with Gasteiger partial charge in [-0.2, -0.15) is 0 Å². The van der Waals surface area contributed by atoms with E-state index in [9.17, 15) is 9.59 Å². The number of furan rings is 1. The van der Waals surface area contributed by atoms with Gasteiger partial charge in [0.2, 0.25) is 5.76 Å². The van der Waals surface area contributed by atoms with E-state index in [-0.39, 0.29) is 18.2 Å². The molecular weight excluding hydrogens is 260 g/mol. The Kier molecular flexibility index (Phi) is 4.20. The summed E-state index contributed by atoms with van der Waals surface area (Å²) in [7, 11) is 1.55. The molecule has 0 aliphatic heterocycles. The highest BCUT2D eigenvalue weighted by atomic mass is 16.5. The maximum atomic E-state index is 11.8. The first kappa shape index (κ1) is 13.9. The lowest BCUT2D eigenvalue weighted by Gasteiger charge is -2.04. The molecule has 2 aromatic rings. The predicted molar refractivity (Wildman–Crippen MR) is 71.1 cm³/mol. The van der Waals surface area contributed by atoms with Crippen molar-refractivity contribution < 1.29 is 23.5 Å². The third kappa shape index (κ3) is 3.26. The van der Waals surface area contributed by atoms with Crippen LogP contribution in [0.25, 0.3) is 0 Å². The number of aryl methyl sites for hydroxylation is 1. The van der Waals surface area contributed by atoms with E-state index >= 15 is 0 Å². The van der Waals surface area contributed by atoms with Gasteiger partial charge in [0.05, 0.1) is 7.11 Å². The van der Waals surface area contributed by atoms with Gasteiger partial charge in [-0.15, -0.1) is 0 Å². The normalized spacial score (nSPS) is 10.1. The van der Waals surface area contributed by atoms with Gasteiger partial charge in [0.15, 0.2) is 12.4 Å². The molecule has 1 heterocycles. The van der Waals surface area contributed by atoms with Crippen molar-refractivity contribution in [2.75, 3.05) is 13.7 Å². The molecule has 20 heavy (non-hydrogen) atoms. The van der Waals surface area contributed by atoms with Crippen molar-refractivity contribution >= 4 is 11.8 Å². The van der Waals surface area contributed by atoms with E-state index in [0.717, 1.165) is 0 Å². The van der Waals surface area contributed by atoms with Crippen molar-refractivity contribution in [3.8, 4) is 5.75 Å². The lowest BCUT2D eigenvalue weighted by Crippen LogP contribution is -2.13. The fourth-order valence-corrected chi connectivity index (χ4v) is 1.61. The average Bonchev–Trinajstić information content (AvgIpc) is 2.91. The summed E-state index contributed by atoms with van der Waals surface area (Å²) in [6.07, 6.45) is 0. The summed E-state index contributed by atoms with van der Waals surface area (Å²) in [6.45, 7) is 1.39. The smallest absolute Gasteiger partial charge is 0.374 e. The maximum Gasteiger partial charge on any atom is 0.374 e. The predicted octanol–water partition coefficient (Wildman–Crippen LogP) is 2.64. The van der Waals surface area contributed by atoms with Crippen LogP contribution in [0.15, 0.2) is 40.8 Å². The molecule has 2 rings (SSSR count). The molecule has 1 aromatic heterocycles. The first-order valence-corrected chi connectivity index (χ1v) is 6.01. The van der Waals surface area contributed by atoms with Crippen molar-refractivity contribution in [1.82, 2.24) is 0 Å². The summed E-state index contributed by atoms with van der Waals surface area (Å²) in [5.41, 5.74) is 0.453. The molecule has 0 saturated carbocycles. The van der Waals surface area contributed by atoms with Crippen molar-refractivity contribution in [3.63, 3.8) is 0 Å². The van der Waals surface area contributed by atoms with E-state index in [4.69, 9.17) is 13.9 Å². The van der Waals surface area contributed by atoms with E-state index in [1.165, 1.54) is 6.07 Å². The van der Waals surface area contributed by atoms with E-state index in [2.05, 4.69) is 0 Å².